The number of benzene rings is 1. The van der Waals surface area contributed by atoms with E-state index >= 15 is 0 Å². The lowest BCUT2D eigenvalue weighted by atomic mass is 10.2. The Hall–Kier alpha value is -2.21. The maximum Gasteiger partial charge on any atom is 0.249 e. The van der Waals surface area contributed by atoms with Crippen molar-refractivity contribution in [3.05, 3.63) is 46.7 Å². The van der Waals surface area contributed by atoms with Gasteiger partial charge in [-0.2, -0.15) is 0 Å². The average molecular weight is 272 g/mol. The number of hydrogen-bond donors (Lipinski definition) is 1. The Bertz CT molecular complexity index is 663. The number of hydrogen-bond acceptors (Lipinski definition) is 6. The molecule has 0 saturated heterocycles. The topological polar surface area (TPSA) is 63.8 Å². The van der Waals surface area contributed by atoms with Crippen LogP contribution in [-0.4, -0.2) is 15.2 Å². The Kier molecular flexibility index (Phi) is 3.24. The van der Waals surface area contributed by atoms with Gasteiger partial charge >= 0.3 is 0 Å². The van der Waals surface area contributed by atoms with E-state index in [1.165, 1.54) is 0 Å². The second-order valence-corrected chi connectivity index (χ2v) is 4.93. The summed E-state index contributed by atoms with van der Waals surface area (Å²) in [6.45, 7) is 2.46. The largest absolute Gasteiger partial charge is 0.421 e. The Balaban J connectivity index is 1.85. The molecule has 0 aliphatic rings. The van der Waals surface area contributed by atoms with Gasteiger partial charge in [0.15, 0.2) is 0 Å². The van der Waals surface area contributed by atoms with Crippen LogP contribution in [0.3, 0.4) is 0 Å². The molecule has 0 unspecified atom stereocenters. The lowest BCUT2D eigenvalue weighted by Crippen LogP contribution is -2.00. The van der Waals surface area contributed by atoms with Crippen molar-refractivity contribution >= 4 is 17.0 Å². The normalized spacial score (nSPS) is 10.6. The van der Waals surface area contributed by atoms with Crippen LogP contribution in [0.5, 0.6) is 0 Å². The highest BCUT2D eigenvalue weighted by Crippen LogP contribution is 2.27. The molecule has 3 aromatic rings. The van der Waals surface area contributed by atoms with E-state index in [2.05, 4.69) is 20.5 Å². The highest BCUT2D eigenvalue weighted by atomic mass is 32.1. The van der Waals surface area contributed by atoms with E-state index in [9.17, 15) is 0 Å². The van der Waals surface area contributed by atoms with Crippen LogP contribution >= 0.6 is 11.3 Å². The molecule has 0 aliphatic heterocycles. The summed E-state index contributed by atoms with van der Waals surface area (Å²) in [5.74, 6) is 1.09. The molecule has 0 bridgehead atoms. The predicted molar refractivity (Wildman–Crippen MR) is 73.9 cm³/mol. The fourth-order valence-corrected chi connectivity index (χ4v) is 2.30. The van der Waals surface area contributed by atoms with Gasteiger partial charge in [-0.3, -0.25) is 0 Å². The van der Waals surface area contributed by atoms with Crippen LogP contribution in [0.25, 0.3) is 11.5 Å². The lowest BCUT2D eigenvalue weighted by molar-refractivity contribution is 0.533. The molecule has 0 radical (unpaired) electrons. The second-order valence-electron chi connectivity index (χ2n) is 3.95. The van der Waals surface area contributed by atoms with Crippen molar-refractivity contribution in [2.45, 2.75) is 13.5 Å². The zero-order valence-electron chi connectivity index (χ0n) is 10.3. The summed E-state index contributed by atoms with van der Waals surface area (Å²) in [6, 6.07) is 7.86. The van der Waals surface area contributed by atoms with Crippen LogP contribution in [-0.2, 0) is 6.54 Å². The van der Waals surface area contributed by atoms with Gasteiger partial charge in [-0.25, -0.2) is 4.98 Å². The molecule has 2 heterocycles. The van der Waals surface area contributed by atoms with Crippen molar-refractivity contribution in [3.63, 3.8) is 0 Å². The van der Waals surface area contributed by atoms with Crippen molar-refractivity contribution in [2.24, 2.45) is 0 Å². The number of rotatable bonds is 4. The van der Waals surface area contributed by atoms with Crippen molar-refractivity contribution in [1.29, 1.82) is 0 Å². The molecule has 1 N–H and O–H groups in total. The minimum atomic E-state index is 0.528. The molecule has 19 heavy (non-hydrogen) atoms. The Labute approximate surface area is 114 Å². The quantitative estimate of drug-likeness (QED) is 0.790. The fraction of sp³-hybridized carbons (Fsp3) is 0.154. The summed E-state index contributed by atoms with van der Waals surface area (Å²) < 4.78 is 5.47. The Morgan fingerprint density at radius 1 is 1.26 bits per heavy atom. The minimum absolute atomic E-state index is 0.528. The molecule has 1 aromatic carbocycles. The molecule has 0 spiro atoms. The van der Waals surface area contributed by atoms with Crippen molar-refractivity contribution in [1.82, 2.24) is 15.2 Å². The molecule has 0 amide bonds. The fourth-order valence-electron chi connectivity index (χ4n) is 1.74. The number of para-hydroxylation sites is 1. The third-order valence-corrected chi connectivity index (χ3v) is 3.38. The van der Waals surface area contributed by atoms with Gasteiger partial charge in [-0.15, -0.1) is 21.5 Å². The van der Waals surface area contributed by atoms with E-state index in [0.29, 0.717) is 18.3 Å². The van der Waals surface area contributed by atoms with E-state index in [1.807, 2.05) is 29.6 Å². The van der Waals surface area contributed by atoms with Gasteiger partial charge in [-0.05, 0) is 12.1 Å². The highest BCUT2D eigenvalue weighted by Gasteiger charge is 2.10. The number of thiazole rings is 1. The molecule has 2 aromatic heterocycles. The van der Waals surface area contributed by atoms with Crippen molar-refractivity contribution in [2.75, 3.05) is 5.32 Å². The zero-order valence-corrected chi connectivity index (χ0v) is 11.1. The third kappa shape index (κ3) is 2.63. The predicted octanol–water partition coefficient (Wildman–Crippen LogP) is 3.11. The summed E-state index contributed by atoms with van der Waals surface area (Å²) in [5.41, 5.74) is 1.86. The van der Waals surface area contributed by atoms with Crippen LogP contribution in [0.4, 0.5) is 5.69 Å². The number of anilines is 1. The molecule has 0 aliphatic carbocycles. The molecular formula is C13H12N4OS. The van der Waals surface area contributed by atoms with E-state index < -0.39 is 0 Å². The first kappa shape index (κ1) is 11.9. The maximum atomic E-state index is 5.47. The average Bonchev–Trinajstić information content (AvgIpc) is 3.08. The molecule has 0 atom stereocenters. The molecular weight excluding hydrogens is 260 g/mol. The number of aryl methyl sites for hydroxylation is 1. The van der Waals surface area contributed by atoms with Gasteiger partial charge in [0.25, 0.3) is 0 Å². The van der Waals surface area contributed by atoms with E-state index in [4.69, 9.17) is 4.42 Å². The van der Waals surface area contributed by atoms with Crippen LogP contribution in [0, 0.1) is 6.92 Å². The molecule has 96 valence electrons. The van der Waals surface area contributed by atoms with Crippen LogP contribution in [0.15, 0.2) is 40.3 Å². The van der Waals surface area contributed by atoms with Gasteiger partial charge in [0.1, 0.15) is 5.01 Å². The van der Waals surface area contributed by atoms with Crippen molar-refractivity contribution in [3.8, 4) is 11.5 Å². The third-order valence-electron chi connectivity index (χ3n) is 2.60. The van der Waals surface area contributed by atoms with Gasteiger partial charge in [0.2, 0.25) is 11.8 Å². The number of aromatic nitrogens is 3. The van der Waals surface area contributed by atoms with Gasteiger partial charge in [-0.1, -0.05) is 12.1 Å². The first-order valence-electron chi connectivity index (χ1n) is 5.84. The zero-order chi connectivity index (χ0) is 13.1. The van der Waals surface area contributed by atoms with Crippen LogP contribution in [0.2, 0.25) is 0 Å². The van der Waals surface area contributed by atoms with E-state index in [1.54, 1.807) is 24.5 Å². The minimum Gasteiger partial charge on any atom is -0.421 e. The first-order valence-corrected chi connectivity index (χ1v) is 6.72. The highest BCUT2D eigenvalue weighted by molar-refractivity contribution is 7.09. The summed E-state index contributed by atoms with van der Waals surface area (Å²) >= 11 is 1.62. The Morgan fingerprint density at radius 2 is 2.16 bits per heavy atom. The summed E-state index contributed by atoms with van der Waals surface area (Å²) in [6.07, 6.45) is 1.80. The number of nitrogens with zero attached hydrogens (tertiary/aromatic N) is 3. The number of nitrogens with one attached hydrogen (secondary N) is 1. The van der Waals surface area contributed by atoms with E-state index in [-0.39, 0.29) is 0 Å². The molecule has 6 heteroatoms. The van der Waals surface area contributed by atoms with Crippen LogP contribution < -0.4 is 5.32 Å². The van der Waals surface area contributed by atoms with Gasteiger partial charge in [0, 0.05) is 24.2 Å². The standard InChI is InChI=1S/C13H12N4OS/c1-9-16-17-13(18-9)10-4-2-3-5-11(10)15-8-12-14-6-7-19-12/h2-7,15H,8H2,1H3. The van der Waals surface area contributed by atoms with Gasteiger partial charge in [0.05, 0.1) is 12.1 Å². The SMILES string of the molecule is Cc1nnc(-c2ccccc2NCc2nccs2)o1. The first-order chi connectivity index (χ1) is 9.33. The monoisotopic (exact) mass is 272 g/mol. The van der Waals surface area contributed by atoms with E-state index in [0.717, 1.165) is 16.3 Å². The molecule has 5 nitrogen and oxygen atoms in total. The summed E-state index contributed by atoms with van der Waals surface area (Å²) in [4.78, 5) is 4.24. The molecule has 0 fully saturated rings. The van der Waals surface area contributed by atoms with Crippen molar-refractivity contribution < 1.29 is 4.42 Å². The van der Waals surface area contributed by atoms with Crippen LogP contribution in [0.1, 0.15) is 10.9 Å². The smallest absolute Gasteiger partial charge is 0.249 e. The lowest BCUT2D eigenvalue weighted by Gasteiger charge is -2.07. The summed E-state index contributed by atoms with van der Waals surface area (Å²) in [7, 11) is 0. The second kappa shape index (κ2) is 5.19. The summed E-state index contributed by atoms with van der Waals surface area (Å²) in [5, 5.41) is 14.3. The molecule has 3 rings (SSSR count). The maximum absolute atomic E-state index is 5.47. The Morgan fingerprint density at radius 3 is 2.89 bits per heavy atom. The van der Waals surface area contributed by atoms with Gasteiger partial charge < -0.3 is 9.73 Å². The molecule has 0 saturated carbocycles.